The molecule has 16 heavy (non-hydrogen) atoms. The van der Waals surface area contributed by atoms with Crippen molar-refractivity contribution in [3.05, 3.63) is 33.8 Å². The van der Waals surface area contributed by atoms with Gasteiger partial charge in [-0.3, -0.25) is 4.79 Å². The molecule has 1 aromatic carbocycles. The molecule has 1 amide bonds. The van der Waals surface area contributed by atoms with Crippen LogP contribution in [-0.2, 0) is 0 Å². The molecular formula is C11H10BrF2NO. The first-order chi connectivity index (χ1) is 7.39. The number of alkyl halides is 2. The van der Waals surface area contributed by atoms with Crippen molar-refractivity contribution < 1.29 is 13.6 Å². The lowest BCUT2D eigenvalue weighted by Gasteiger charge is -2.38. The average molecular weight is 290 g/mol. The Morgan fingerprint density at radius 3 is 2.62 bits per heavy atom. The summed E-state index contributed by atoms with van der Waals surface area (Å²) in [4.78, 5) is 13.0. The number of nitrogens with zero attached hydrogens (tertiary/aromatic N) is 1. The molecule has 1 fully saturated rings. The molecular weight excluding hydrogens is 280 g/mol. The first kappa shape index (κ1) is 11.5. The molecule has 0 bridgehead atoms. The zero-order chi connectivity index (χ0) is 11.9. The summed E-state index contributed by atoms with van der Waals surface area (Å²) in [5.74, 6) is -3.06. The van der Waals surface area contributed by atoms with E-state index in [1.165, 1.54) is 0 Å². The summed E-state index contributed by atoms with van der Waals surface area (Å²) in [6, 6.07) is 5.30. The van der Waals surface area contributed by atoms with E-state index >= 15 is 0 Å². The monoisotopic (exact) mass is 289 g/mol. The van der Waals surface area contributed by atoms with Crippen molar-refractivity contribution in [1.29, 1.82) is 0 Å². The highest BCUT2D eigenvalue weighted by Gasteiger charge is 2.46. The molecule has 86 valence electrons. The van der Waals surface area contributed by atoms with Crippen LogP contribution < -0.4 is 0 Å². The minimum Gasteiger partial charge on any atom is -0.326 e. The predicted molar refractivity (Wildman–Crippen MR) is 59.7 cm³/mol. The fourth-order valence-electron chi connectivity index (χ4n) is 1.63. The molecule has 1 aromatic rings. The Bertz CT molecular complexity index is 440. The average Bonchev–Trinajstić information content (AvgIpc) is 2.17. The quantitative estimate of drug-likeness (QED) is 0.779. The van der Waals surface area contributed by atoms with Crippen molar-refractivity contribution in [3.63, 3.8) is 0 Å². The van der Waals surface area contributed by atoms with Crippen LogP contribution in [0.15, 0.2) is 22.7 Å². The maximum Gasteiger partial charge on any atom is 0.282 e. The third kappa shape index (κ3) is 2.09. The van der Waals surface area contributed by atoms with Gasteiger partial charge in [0.05, 0.1) is 18.7 Å². The second-order valence-corrected chi connectivity index (χ2v) is 4.85. The molecule has 0 atom stereocenters. The third-order valence-electron chi connectivity index (χ3n) is 2.48. The SMILES string of the molecule is Cc1ccc(Br)c(C(=O)N2CC(F)(F)C2)c1. The lowest BCUT2D eigenvalue weighted by Crippen LogP contribution is -2.58. The van der Waals surface area contributed by atoms with Crippen LogP contribution in [0.5, 0.6) is 0 Å². The van der Waals surface area contributed by atoms with Crippen molar-refractivity contribution >= 4 is 21.8 Å². The summed E-state index contributed by atoms with van der Waals surface area (Å²) in [7, 11) is 0. The molecule has 5 heteroatoms. The molecule has 0 aliphatic carbocycles. The van der Waals surface area contributed by atoms with Gasteiger partial charge in [-0.05, 0) is 35.0 Å². The Hall–Kier alpha value is -0.970. The normalized spacial score (nSPS) is 18.1. The van der Waals surface area contributed by atoms with Gasteiger partial charge in [0, 0.05) is 4.47 Å². The van der Waals surface area contributed by atoms with Gasteiger partial charge >= 0.3 is 0 Å². The van der Waals surface area contributed by atoms with Crippen LogP contribution in [0.3, 0.4) is 0 Å². The zero-order valence-corrected chi connectivity index (χ0v) is 10.2. The van der Waals surface area contributed by atoms with E-state index in [2.05, 4.69) is 15.9 Å². The Labute approximate surface area is 100 Å². The Balaban J connectivity index is 2.19. The first-order valence-electron chi connectivity index (χ1n) is 4.82. The summed E-state index contributed by atoms with van der Waals surface area (Å²) in [5, 5.41) is 0. The lowest BCUT2D eigenvalue weighted by atomic mass is 10.1. The van der Waals surface area contributed by atoms with E-state index in [0.29, 0.717) is 10.0 Å². The number of aryl methyl sites for hydroxylation is 1. The molecule has 0 spiro atoms. The van der Waals surface area contributed by atoms with Crippen molar-refractivity contribution in [2.24, 2.45) is 0 Å². The van der Waals surface area contributed by atoms with Gasteiger partial charge in [0.2, 0.25) is 0 Å². The minimum atomic E-state index is -2.72. The van der Waals surface area contributed by atoms with Gasteiger partial charge in [0.25, 0.3) is 11.8 Å². The first-order valence-corrected chi connectivity index (χ1v) is 5.62. The van der Waals surface area contributed by atoms with Crippen LogP contribution in [0, 0.1) is 6.92 Å². The molecule has 2 rings (SSSR count). The van der Waals surface area contributed by atoms with Crippen LogP contribution >= 0.6 is 15.9 Å². The van der Waals surface area contributed by atoms with Crippen LogP contribution in [0.4, 0.5) is 8.78 Å². The molecule has 0 radical (unpaired) electrons. The van der Waals surface area contributed by atoms with Crippen LogP contribution in [0.2, 0.25) is 0 Å². The third-order valence-corrected chi connectivity index (χ3v) is 3.18. The summed E-state index contributed by atoms with van der Waals surface area (Å²) in [6.07, 6.45) is 0. The second kappa shape index (κ2) is 3.80. The molecule has 0 aromatic heterocycles. The fraction of sp³-hybridized carbons (Fsp3) is 0.364. The van der Waals surface area contributed by atoms with E-state index < -0.39 is 19.0 Å². The summed E-state index contributed by atoms with van der Waals surface area (Å²) >= 11 is 3.25. The van der Waals surface area contributed by atoms with Crippen molar-refractivity contribution in [2.45, 2.75) is 12.8 Å². The van der Waals surface area contributed by atoms with Crippen molar-refractivity contribution in [2.75, 3.05) is 13.1 Å². The minimum absolute atomic E-state index is 0.346. The smallest absolute Gasteiger partial charge is 0.282 e. The largest absolute Gasteiger partial charge is 0.326 e. The van der Waals surface area contributed by atoms with Gasteiger partial charge in [-0.2, -0.15) is 0 Å². The van der Waals surface area contributed by atoms with Crippen LogP contribution in [-0.4, -0.2) is 29.8 Å². The summed E-state index contributed by atoms with van der Waals surface area (Å²) < 4.78 is 25.9. The number of hydrogen-bond donors (Lipinski definition) is 0. The standard InChI is InChI=1S/C11H10BrF2NO/c1-7-2-3-9(12)8(4-7)10(16)15-5-11(13,14)6-15/h2-4H,5-6H2,1H3. The van der Waals surface area contributed by atoms with E-state index in [0.717, 1.165) is 10.5 Å². The summed E-state index contributed by atoms with van der Waals surface area (Å²) in [5.41, 5.74) is 1.37. The fourth-order valence-corrected chi connectivity index (χ4v) is 2.05. The van der Waals surface area contributed by atoms with Crippen molar-refractivity contribution in [3.8, 4) is 0 Å². The van der Waals surface area contributed by atoms with Gasteiger partial charge in [0.1, 0.15) is 0 Å². The number of carbonyl (C=O) groups excluding carboxylic acids is 1. The van der Waals surface area contributed by atoms with Gasteiger partial charge < -0.3 is 4.90 Å². The number of carbonyl (C=O) groups is 1. The van der Waals surface area contributed by atoms with Gasteiger partial charge in [-0.1, -0.05) is 11.6 Å². The number of halogens is 3. The van der Waals surface area contributed by atoms with Crippen LogP contribution in [0.25, 0.3) is 0 Å². The number of rotatable bonds is 1. The van der Waals surface area contributed by atoms with Gasteiger partial charge in [-0.15, -0.1) is 0 Å². The maximum atomic E-state index is 12.6. The molecule has 1 aliphatic rings. The van der Waals surface area contributed by atoms with Crippen molar-refractivity contribution in [1.82, 2.24) is 4.90 Å². The predicted octanol–water partition coefficient (Wildman–Crippen LogP) is 2.85. The summed E-state index contributed by atoms with van der Waals surface area (Å²) in [6.45, 7) is 0.895. The molecule has 1 aliphatic heterocycles. The van der Waals surface area contributed by atoms with Gasteiger partial charge in [0.15, 0.2) is 0 Å². The Kier molecular flexibility index (Phi) is 2.74. The van der Waals surface area contributed by atoms with E-state index in [1.807, 2.05) is 13.0 Å². The van der Waals surface area contributed by atoms with E-state index in [-0.39, 0.29) is 5.91 Å². The Morgan fingerprint density at radius 1 is 1.44 bits per heavy atom. The topological polar surface area (TPSA) is 20.3 Å². The zero-order valence-electron chi connectivity index (χ0n) is 8.64. The molecule has 1 saturated heterocycles. The number of benzene rings is 1. The highest BCUT2D eigenvalue weighted by atomic mass is 79.9. The number of hydrogen-bond acceptors (Lipinski definition) is 1. The van der Waals surface area contributed by atoms with E-state index in [9.17, 15) is 13.6 Å². The highest BCUT2D eigenvalue weighted by molar-refractivity contribution is 9.10. The van der Waals surface area contributed by atoms with E-state index in [1.54, 1.807) is 12.1 Å². The molecule has 0 saturated carbocycles. The molecule has 0 N–H and O–H groups in total. The lowest BCUT2D eigenvalue weighted by molar-refractivity contribution is -0.113. The molecule has 2 nitrogen and oxygen atoms in total. The maximum absolute atomic E-state index is 12.6. The second-order valence-electron chi connectivity index (χ2n) is 4.00. The number of amides is 1. The Morgan fingerprint density at radius 2 is 2.06 bits per heavy atom. The highest BCUT2D eigenvalue weighted by Crippen LogP contribution is 2.29. The molecule has 1 heterocycles. The molecule has 0 unspecified atom stereocenters. The van der Waals surface area contributed by atoms with Gasteiger partial charge in [-0.25, -0.2) is 8.78 Å². The van der Waals surface area contributed by atoms with Crippen LogP contribution in [0.1, 0.15) is 15.9 Å². The van der Waals surface area contributed by atoms with E-state index in [4.69, 9.17) is 0 Å². The number of likely N-dealkylation sites (tertiary alicyclic amines) is 1.